The molecule has 4 heteroatoms. The van der Waals surface area contributed by atoms with E-state index in [1.54, 1.807) is 29.2 Å². The minimum absolute atomic E-state index is 0.100. The van der Waals surface area contributed by atoms with Gasteiger partial charge in [0.2, 0.25) is 5.91 Å². The van der Waals surface area contributed by atoms with E-state index in [2.05, 4.69) is 13.8 Å². The first-order valence-corrected chi connectivity index (χ1v) is 7.56. The zero-order chi connectivity index (χ0) is 15.8. The van der Waals surface area contributed by atoms with Crippen LogP contribution in [0.3, 0.4) is 0 Å². The van der Waals surface area contributed by atoms with E-state index in [1.807, 2.05) is 7.05 Å². The Labute approximate surface area is 126 Å². The molecule has 1 N–H and O–H groups in total. The lowest BCUT2D eigenvalue weighted by Gasteiger charge is -2.23. The molecule has 0 aliphatic rings. The molecule has 0 aliphatic heterocycles. The number of benzene rings is 1. The fourth-order valence-electron chi connectivity index (χ4n) is 2.50. The van der Waals surface area contributed by atoms with Gasteiger partial charge in [-0.1, -0.05) is 38.8 Å². The predicted molar refractivity (Wildman–Crippen MR) is 83.2 cm³/mol. The summed E-state index contributed by atoms with van der Waals surface area (Å²) < 4.78 is 0. The molecule has 116 valence electrons. The Bertz CT molecular complexity index is 461. The molecule has 0 saturated heterocycles. The molecule has 0 aromatic heterocycles. The Morgan fingerprint density at radius 2 is 1.62 bits per heavy atom. The van der Waals surface area contributed by atoms with Gasteiger partial charge in [0.25, 0.3) is 0 Å². The number of amides is 1. The van der Waals surface area contributed by atoms with Crippen LogP contribution in [-0.2, 0) is 11.3 Å². The van der Waals surface area contributed by atoms with Crippen molar-refractivity contribution in [2.24, 2.45) is 5.92 Å². The highest BCUT2D eigenvalue weighted by Gasteiger charge is 2.20. The van der Waals surface area contributed by atoms with Gasteiger partial charge in [-0.15, -0.1) is 0 Å². The Morgan fingerprint density at radius 1 is 1.10 bits per heavy atom. The summed E-state index contributed by atoms with van der Waals surface area (Å²) >= 11 is 0. The molecule has 0 atom stereocenters. The van der Waals surface area contributed by atoms with Crippen LogP contribution in [0.2, 0.25) is 0 Å². The number of hydrogen-bond donors (Lipinski definition) is 1. The number of carboxylic acids is 1. The minimum atomic E-state index is -0.933. The van der Waals surface area contributed by atoms with Crippen molar-refractivity contribution in [1.29, 1.82) is 0 Å². The Morgan fingerprint density at radius 3 is 2.05 bits per heavy atom. The highest BCUT2D eigenvalue weighted by molar-refractivity contribution is 5.87. The van der Waals surface area contributed by atoms with Crippen molar-refractivity contribution in [2.75, 3.05) is 7.05 Å². The first-order chi connectivity index (χ1) is 9.99. The molecular formula is C17H25NO3. The second-order valence-electron chi connectivity index (χ2n) is 5.47. The molecule has 0 unspecified atom stereocenters. The van der Waals surface area contributed by atoms with E-state index in [-0.39, 0.29) is 17.4 Å². The topological polar surface area (TPSA) is 57.6 Å². The molecule has 1 aromatic rings. The number of carboxylic acid groups (broad SMARTS) is 1. The van der Waals surface area contributed by atoms with Gasteiger partial charge < -0.3 is 10.0 Å². The van der Waals surface area contributed by atoms with E-state index in [0.29, 0.717) is 6.54 Å². The maximum absolute atomic E-state index is 12.4. The minimum Gasteiger partial charge on any atom is -0.478 e. The van der Waals surface area contributed by atoms with E-state index >= 15 is 0 Å². The van der Waals surface area contributed by atoms with Gasteiger partial charge in [0, 0.05) is 19.5 Å². The smallest absolute Gasteiger partial charge is 0.335 e. The van der Waals surface area contributed by atoms with Crippen molar-refractivity contribution >= 4 is 11.9 Å². The number of nitrogens with zero attached hydrogens (tertiary/aromatic N) is 1. The molecule has 1 aromatic carbocycles. The quantitative estimate of drug-likeness (QED) is 0.796. The van der Waals surface area contributed by atoms with Crippen molar-refractivity contribution in [3.63, 3.8) is 0 Å². The number of carbonyl (C=O) groups is 2. The summed E-state index contributed by atoms with van der Waals surface area (Å²) in [6.45, 7) is 4.71. The molecule has 0 heterocycles. The Hall–Kier alpha value is -1.84. The van der Waals surface area contributed by atoms with Crippen LogP contribution in [0, 0.1) is 5.92 Å². The zero-order valence-corrected chi connectivity index (χ0v) is 13.1. The van der Waals surface area contributed by atoms with Gasteiger partial charge in [-0.3, -0.25) is 4.79 Å². The third-order valence-corrected chi connectivity index (χ3v) is 3.62. The summed E-state index contributed by atoms with van der Waals surface area (Å²) in [5, 5.41) is 8.87. The van der Waals surface area contributed by atoms with Gasteiger partial charge in [0.1, 0.15) is 0 Å². The molecule has 4 nitrogen and oxygen atoms in total. The van der Waals surface area contributed by atoms with Gasteiger partial charge in [-0.2, -0.15) is 0 Å². The largest absolute Gasteiger partial charge is 0.478 e. The monoisotopic (exact) mass is 291 g/mol. The lowest BCUT2D eigenvalue weighted by molar-refractivity contribution is -0.135. The van der Waals surface area contributed by atoms with E-state index in [9.17, 15) is 9.59 Å². The summed E-state index contributed by atoms with van der Waals surface area (Å²) in [5.74, 6) is -0.652. The maximum atomic E-state index is 12.4. The number of carbonyl (C=O) groups excluding carboxylic acids is 1. The average Bonchev–Trinajstić information content (AvgIpc) is 2.46. The molecule has 0 fully saturated rings. The Kier molecular flexibility index (Phi) is 6.92. The van der Waals surface area contributed by atoms with Crippen molar-refractivity contribution in [1.82, 2.24) is 4.90 Å². The van der Waals surface area contributed by atoms with Gasteiger partial charge >= 0.3 is 5.97 Å². The zero-order valence-electron chi connectivity index (χ0n) is 13.1. The SMILES string of the molecule is CCCC(CCC)C(=O)N(C)Cc1ccc(C(=O)O)cc1. The molecule has 1 rings (SSSR count). The van der Waals surface area contributed by atoms with Gasteiger partial charge in [0.05, 0.1) is 5.56 Å². The first kappa shape index (κ1) is 17.2. The highest BCUT2D eigenvalue weighted by Crippen LogP contribution is 2.17. The fourth-order valence-corrected chi connectivity index (χ4v) is 2.50. The molecule has 21 heavy (non-hydrogen) atoms. The molecular weight excluding hydrogens is 266 g/mol. The normalized spacial score (nSPS) is 10.7. The van der Waals surface area contributed by atoms with Crippen LogP contribution < -0.4 is 0 Å². The highest BCUT2D eigenvalue weighted by atomic mass is 16.4. The van der Waals surface area contributed by atoms with E-state index in [0.717, 1.165) is 31.2 Å². The molecule has 0 bridgehead atoms. The summed E-state index contributed by atoms with van der Waals surface area (Å²) in [4.78, 5) is 25.0. The van der Waals surface area contributed by atoms with E-state index in [4.69, 9.17) is 5.11 Å². The molecule has 0 saturated carbocycles. The van der Waals surface area contributed by atoms with Crippen LogP contribution in [0.25, 0.3) is 0 Å². The van der Waals surface area contributed by atoms with Crippen molar-refractivity contribution < 1.29 is 14.7 Å². The number of rotatable bonds is 8. The van der Waals surface area contributed by atoms with Crippen LogP contribution in [-0.4, -0.2) is 28.9 Å². The standard InChI is InChI=1S/C17H25NO3/c1-4-6-14(7-5-2)16(19)18(3)12-13-8-10-15(11-9-13)17(20)21/h8-11,14H,4-7,12H2,1-3H3,(H,20,21). The second-order valence-corrected chi connectivity index (χ2v) is 5.47. The average molecular weight is 291 g/mol. The lowest BCUT2D eigenvalue weighted by atomic mass is 9.96. The molecule has 0 radical (unpaired) electrons. The van der Waals surface area contributed by atoms with Crippen molar-refractivity contribution in [3.05, 3.63) is 35.4 Å². The third kappa shape index (κ3) is 5.21. The number of hydrogen-bond acceptors (Lipinski definition) is 2. The summed E-state index contributed by atoms with van der Waals surface area (Å²) in [7, 11) is 1.81. The van der Waals surface area contributed by atoms with Crippen LogP contribution in [0.5, 0.6) is 0 Å². The first-order valence-electron chi connectivity index (χ1n) is 7.56. The maximum Gasteiger partial charge on any atom is 0.335 e. The van der Waals surface area contributed by atoms with Crippen LogP contribution >= 0.6 is 0 Å². The van der Waals surface area contributed by atoms with Crippen LogP contribution in [0.15, 0.2) is 24.3 Å². The van der Waals surface area contributed by atoms with Crippen LogP contribution in [0.4, 0.5) is 0 Å². The summed E-state index contributed by atoms with van der Waals surface area (Å²) in [6, 6.07) is 6.68. The van der Waals surface area contributed by atoms with E-state index in [1.165, 1.54) is 0 Å². The third-order valence-electron chi connectivity index (χ3n) is 3.62. The Balaban J connectivity index is 2.67. The van der Waals surface area contributed by atoms with Crippen LogP contribution in [0.1, 0.15) is 55.5 Å². The van der Waals surface area contributed by atoms with Crippen molar-refractivity contribution in [2.45, 2.75) is 46.1 Å². The van der Waals surface area contributed by atoms with Crippen molar-refractivity contribution in [3.8, 4) is 0 Å². The van der Waals surface area contributed by atoms with Gasteiger partial charge in [-0.05, 0) is 30.5 Å². The van der Waals surface area contributed by atoms with Gasteiger partial charge in [0.15, 0.2) is 0 Å². The molecule has 0 aliphatic carbocycles. The predicted octanol–water partition coefficient (Wildman–Crippen LogP) is 3.56. The fraction of sp³-hybridized carbons (Fsp3) is 0.529. The summed E-state index contributed by atoms with van der Waals surface area (Å²) in [6.07, 6.45) is 3.87. The molecule has 1 amide bonds. The van der Waals surface area contributed by atoms with E-state index < -0.39 is 5.97 Å². The second kappa shape index (κ2) is 8.45. The summed E-state index contributed by atoms with van der Waals surface area (Å²) in [5.41, 5.74) is 1.21. The molecule has 0 spiro atoms. The lowest BCUT2D eigenvalue weighted by Crippen LogP contribution is -2.32. The van der Waals surface area contributed by atoms with Gasteiger partial charge in [-0.25, -0.2) is 4.79 Å². The number of aromatic carboxylic acids is 1.